The molecule has 0 saturated heterocycles. The molecule has 0 amide bonds. The van der Waals surface area contributed by atoms with Crippen molar-refractivity contribution in [2.24, 2.45) is 0 Å². The summed E-state index contributed by atoms with van der Waals surface area (Å²) in [6.07, 6.45) is 5.29. The zero-order valence-corrected chi connectivity index (χ0v) is 9.66. The Morgan fingerprint density at radius 2 is 2.13 bits per heavy atom. The molecule has 4 heteroatoms. The van der Waals surface area contributed by atoms with Crippen LogP contribution >= 0.6 is 0 Å². The van der Waals surface area contributed by atoms with Crippen LogP contribution in [-0.4, -0.2) is 29.7 Å². The predicted molar refractivity (Wildman–Crippen MR) is 60.0 cm³/mol. The summed E-state index contributed by atoms with van der Waals surface area (Å²) < 4.78 is 5.14. The summed E-state index contributed by atoms with van der Waals surface area (Å²) in [5.41, 5.74) is 0.935. The van der Waals surface area contributed by atoms with Gasteiger partial charge in [0.15, 0.2) is 0 Å². The summed E-state index contributed by atoms with van der Waals surface area (Å²) in [6, 6.07) is 0.502. The molecule has 1 rings (SSSR count). The summed E-state index contributed by atoms with van der Waals surface area (Å²) in [4.78, 5) is 8.38. The third-order valence-corrected chi connectivity index (χ3v) is 2.30. The predicted octanol–water partition coefficient (Wildman–Crippen LogP) is 1.42. The van der Waals surface area contributed by atoms with E-state index in [1.54, 1.807) is 19.5 Å². The molecule has 0 saturated carbocycles. The van der Waals surface area contributed by atoms with E-state index in [0.29, 0.717) is 11.9 Å². The van der Waals surface area contributed by atoms with E-state index < -0.39 is 0 Å². The molecule has 0 aliphatic heterocycles. The van der Waals surface area contributed by atoms with Gasteiger partial charge in [-0.25, -0.2) is 4.98 Å². The number of aryl methyl sites for hydroxylation is 1. The van der Waals surface area contributed by atoms with Gasteiger partial charge in [-0.15, -0.1) is 0 Å². The average molecular weight is 209 g/mol. The number of aromatic nitrogens is 2. The molecule has 84 valence electrons. The van der Waals surface area contributed by atoms with E-state index in [1.807, 2.05) is 0 Å². The summed E-state index contributed by atoms with van der Waals surface area (Å²) in [7, 11) is 1.63. The van der Waals surface area contributed by atoms with Gasteiger partial charge in [0.05, 0.1) is 7.11 Å². The van der Waals surface area contributed by atoms with Crippen molar-refractivity contribution in [3.8, 4) is 5.88 Å². The number of methoxy groups -OCH3 is 1. The first-order chi connectivity index (χ1) is 7.27. The van der Waals surface area contributed by atoms with Crippen LogP contribution in [0.4, 0.5) is 0 Å². The van der Waals surface area contributed by atoms with Crippen LogP contribution in [0.1, 0.15) is 26.0 Å². The van der Waals surface area contributed by atoms with Crippen molar-refractivity contribution in [1.82, 2.24) is 15.3 Å². The number of nitrogens with zero attached hydrogens (tertiary/aromatic N) is 2. The minimum absolute atomic E-state index is 0.502. The second-order valence-corrected chi connectivity index (χ2v) is 3.51. The molecule has 1 atom stereocenters. The van der Waals surface area contributed by atoms with Crippen LogP contribution in [0.5, 0.6) is 5.88 Å². The van der Waals surface area contributed by atoms with Crippen molar-refractivity contribution in [1.29, 1.82) is 0 Å². The number of nitrogens with one attached hydrogen (secondary N) is 1. The van der Waals surface area contributed by atoms with Crippen LogP contribution < -0.4 is 10.1 Å². The molecular formula is C11H19N3O. The first-order valence-electron chi connectivity index (χ1n) is 5.35. The molecular weight excluding hydrogens is 190 g/mol. The third kappa shape index (κ3) is 3.83. The van der Waals surface area contributed by atoms with Crippen LogP contribution in [-0.2, 0) is 6.42 Å². The van der Waals surface area contributed by atoms with Gasteiger partial charge in [-0.2, -0.15) is 0 Å². The summed E-state index contributed by atoms with van der Waals surface area (Å²) in [6.45, 7) is 5.28. The lowest BCUT2D eigenvalue weighted by Gasteiger charge is -2.12. The zero-order valence-electron chi connectivity index (χ0n) is 9.66. The van der Waals surface area contributed by atoms with E-state index in [1.165, 1.54) is 0 Å². The first kappa shape index (κ1) is 11.9. The van der Waals surface area contributed by atoms with E-state index >= 15 is 0 Å². The smallest absolute Gasteiger partial charge is 0.235 e. The lowest BCUT2D eigenvalue weighted by molar-refractivity contribution is 0.387. The Bertz CT molecular complexity index is 291. The van der Waals surface area contributed by atoms with Crippen LogP contribution in [0.15, 0.2) is 12.4 Å². The SMILES string of the molecule is CCNC(C)CCc1nccnc1OC. The molecule has 0 bridgehead atoms. The maximum Gasteiger partial charge on any atom is 0.235 e. The minimum atomic E-state index is 0.502. The summed E-state index contributed by atoms with van der Waals surface area (Å²) >= 11 is 0. The van der Waals surface area contributed by atoms with Crippen molar-refractivity contribution in [3.63, 3.8) is 0 Å². The Hall–Kier alpha value is -1.16. The Kier molecular flexibility index (Phi) is 5.04. The molecule has 15 heavy (non-hydrogen) atoms. The van der Waals surface area contributed by atoms with Crippen LogP contribution in [0.2, 0.25) is 0 Å². The maximum absolute atomic E-state index is 5.14. The van der Waals surface area contributed by atoms with Crippen molar-refractivity contribution in [3.05, 3.63) is 18.1 Å². The Morgan fingerprint density at radius 1 is 1.40 bits per heavy atom. The molecule has 0 aliphatic rings. The first-order valence-corrected chi connectivity index (χ1v) is 5.35. The van der Waals surface area contributed by atoms with Gasteiger partial charge in [0.25, 0.3) is 0 Å². The van der Waals surface area contributed by atoms with Gasteiger partial charge >= 0.3 is 0 Å². The highest BCUT2D eigenvalue weighted by Gasteiger charge is 2.07. The number of rotatable bonds is 6. The van der Waals surface area contributed by atoms with Gasteiger partial charge in [0.2, 0.25) is 5.88 Å². The Balaban J connectivity index is 2.49. The molecule has 0 aliphatic carbocycles. The van der Waals surface area contributed by atoms with Crippen LogP contribution in [0.25, 0.3) is 0 Å². The highest BCUT2D eigenvalue weighted by atomic mass is 16.5. The van der Waals surface area contributed by atoms with Gasteiger partial charge in [-0.3, -0.25) is 4.98 Å². The number of hydrogen-bond donors (Lipinski definition) is 1. The number of ether oxygens (including phenoxy) is 1. The quantitative estimate of drug-likeness (QED) is 0.769. The standard InChI is InChI=1S/C11H19N3O/c1-4-12-9(2)5-6-10-11(15-3)14-8-7-13-10/h7-9,12H,4-6H2,1-3H3. The average Bonchev–Trinajstić information content (AvgIpc) is 2.27. The van der Waals surface area contributed by atoms with E-state index in [0.717, 1.165) is 25.1 Å². The third-order valence-electron chi connectivity index (χ3n) is 2.30. The van der Waals surface area contributed by atoms with Gasteiger partial charge in [0, 0.05) is 18.4 Å². The molecule has 4 nitrogen and oxygen atoms in total. The number of hydrogen-bond acceptors (Lipinski definition) is 4. The van der Waals surface area contributed by atoms with Gasteiger partial charge in [-0.1, -0.05) is 6.92 Å². The van der Waals surface area contributed by atoms with Crippen molar-refractivity contribution < 1.29 is 4.74 Å². The molecule has 0 spiro atoms. The fourth-order valence-electron chi connectivity index (χ4n) is 1.50. The summed E-state index contributed by atoms with van der Waals surface area (Å²) in [5.74, 6) is 0.640. The van der Waals surface area contributed by atoms with Gasteiger partial charge in [0.1, 0.15) is 5.69 Å². The van der Waals surface area contributed by atoms with Crippen molar-refractivity contribution >= 4 is 0 Å². The Morgan fingerprint density at radius 3 is 2.80 bits per heavy atom. The zero-order chi connectivity index (χ0) is 11.1. The highest BCUT2D eigenvalue weighted by Crippen LogP contribution is 2.13. The topological polar surface area (TPSA) is 47.0 Å². The van der Waals surface area contributed by atoms with Crippen molar-refractivity contribution in [2.75, 3.05) is 13.7 Å². The van der Waals surface area contributed by atoms with Crippen molar-refractivity contribution in [2.45, 2.75) is 32.7 Å². The largest absolute Gasteiger partial charge is 0.480 e. The molecule has 1 unspecified atom stereocenters. The molecule has 0 radical (unpaired) electrons. The molecule has 1 aromatic heterocycles. The second kappa shape index (κ2) is 6.35. The van der Waals surface area contributed by atoms with Gasteiger partial charge in [-0.05, 0) is 26.3 Å². The monoisotopic (exact) mass is 209 g/mol. The van der Waals surface area contributed by atoms with E-state index in [9.17, 15) is 0 Å². The fraction of sp³-hybridized carbons (Fsp3) is 0.636. The maximum atomic E-state index is 5.14. The molecule has 1 heterocycles. The lowest BCUT2D eigenvalue weighted by Crippen LogP contribution is -2.26. The molecule has 1 aromatic rings. The van der Waals surface area contributed by atoms with Gasteiger partial charge < -0.3 is 10.1 Å². The van der Waals surface area contributed by atoms with E-state index in [4.69, 9.17) is 4.74 Å². The fourth-order valence-corrected chi connectivity index (χ4v) is 1.50. The van der Waals surface area contributed by atoms with Crippen LogP contribution in [0, 0.1) is 0 Å². The van der Waals surface area contributed by atoms with Crippen LogP contribution in [0.3, 0.4) is 0 Å². The van der Waals surface area contributed by atoms with E-state index in [-0.39, 0.29) is 0 Å². The highest BCUT2D eigenvalue weighted by molar-refractivity contribution is 5.17. The molecule has 0 aromatic carbocycles. The normalized spacial score (nSPS) is 12.5. The molecule has 0 fully saturated rings. The summed E-state index contributed by atoms with van der Waals surface area (Å²) in [5, 5.41) is 3.36. The molecule has 1 N–H and O–H groups in total. The second-order valence-electron chi connectivity index (χ2n) is 3.51. The lowest BCUT2D eigenvalue weighted by atomic mass is 10.1. The Labute approximate surface area is 91.1 Å². The van der Waals surface area contributed by atoms with E-state index in [2.05, 4.69) is 29.1 Å². The minimum Gasteiger partial charge on any atom is -0.480 e.